The van der Waals surface area contributed by atoms with E-state index in [1.54, 1.807) is 0 Å². The van der Waals surface area contributed by atoms with Crippen LogP contribution in [0.4, 0.5) is 4.39 Å². The fourth-order valence-electron chi connectivity index (χ4n) is 1.66. The van der Waals surface area contributed by atoms with Crippen LogP contribution in [-0.4, -0.2) is 13.2 Å². The lowest BCUT2D eigenvalue weighted by Crippen LogP contribution is -2.21. The van der Waals surface area contributed by atoms with Crippen LogP contribution in [0.25, 0.3) is 0 Å². The fraction of sp³-hybridized carbons (Fsp3) is 0.400. The van der Waals surface area contributed by atoms with Gasteiger partial charge in [-0.15, -0.1) is 0 Å². The largest absolute Gasteiger partial charge is 0.490 e. The molecule has 0 amide bonds. The van der Waals surface area contributed by atoms with Gasteiger partial charge in [-0.25, -0.2) is 4.39 Å². The van der Waals surface area contributed by atoms with Crippen molar-refractivity contribution in [3.8, 4) is 5.75 Å². The lowest BCUT2D eigenvalue weighted by atomic mass is 10.1. The molecule has 1 aliphatic rings. The van der Waals surface area contributed by atoms with Gasteiger partial charge in [-0.3, -0.25) is 0 Å². The van der Waals surface area contributed by atoms with E-state index in [-0.39, 0.29) is 11.9 Å². The van der Waals surface area contributed by atoms with Crippen LogP contribution in [0, 0.1) is 5.82 Å². The van der Waals surface area contributed by atoms with Crippen LogP contribution in [0.2, 0.25) is 5.02 Å². The van der Waals surface area contributed by atoms with E-state index < -0.39 is 0 Å². The minimum Gasteiger partial charge on any atom is -0.490 e. The van der Waals surface area contributed by atoms with Crippen LogP contribution in [0.1, 0.15) is 18.5 Å². The molecule has 1 aromatic rings. The average molecular weight is 216 g/mol. The van der Waals surface area contributed by atoms with Crippen LogP contribution in [0.15, 0.2) is 12.1 Å². The molecule has 14 heavy (non-hydrogen) atoms. The number of halogens is 2. The van der Waals surface area contributed by atoms with E-state index in [0.717, 1.165) is 12.1 Å². The van der Waals surface area contributed by atoms with E-state index in [2.05, 4.69) is 5.32 Å². The van der Waals surface area contributed by atoms with Crippen LogP contribution in [0.5, 0.6) is 5.75 Å². The first-order valence-electron chi connectivity index (χ1n) is 4.57. The summed E-state index contributed by atoms with van der Waals surface area (Å²) in [7, 11) is 0. The van der Waals surface area contributed by atoms with Crippen LogP contribution >= 0.6 is 11.6 Å². The molecule has 1 aliphatic heterocycles. The van der Waals surface area contributed by atoms with Crippen molar-refractivity contribution in [3.05, 3.63) is 28.5 Å². The molecule has 0 spiro atoms. The first-order chi connectivity index (χ1) is 6.72. The third-order valence-electron chi connectivity index (χ3n) is 2.26. The van der Waals surface area contributed by atoms with Crippen molar-refractivity contribution in [1.82, 2.24) is 5.32 Å². The molecule has 2 nitrogen and oxygen atoms in total. The highest BCUT2D eigenvalue weighted by Crippen LogP contribution is 2.38. The summed E-state index contributed by atoms with van der Waals surface area (Å²) in [6.07, 6.45) is 0. The predicted octanol–water partition coefficient (Wildman–Crippen LogP) is 2.52. The maximum Gasteiger partial charge on any atom is 0.143 e. The van der Waals surface area contributed by atoms with Gasteiger partial charge in [-0.2, -0.15) is 0 Å². The molecular formula is C10H11ClFNO. The molecule has 1 unspecified atom stereocenters. The van der Waals surface area contributed by atoms with Gasteiger partial charge in [-0.05, 0) is 18.7 Å². The van der Waals surface area contributed by atoms with Gasteiger partial charge in [0.1, 0.15) is 18.2 Å². The van der Waals surface area contributed by atoms with Crippen molar-refractivity contribution in [2.75, 3.05) is 13.2 Å². The third-order valence-corrected chi connectivity index (χ3v) is 2.54. The Morgan fingerprint density at radius 1 is 1.64 bits per heavy atom. The standard InChI is InChI=1S/C10H11ClFNO/c1-2-13-9-5-14-10-7(9)3-6(12)4-8(10)11/h3-4,9,13H,2,5H2,1H3. The van der Waals surface area contributed by atoms with Gasteiger partial charge in [0.25, 0.3) is 0 Å². The second-order valence-corrected chi connectivity index (χ2v) is 3.63. The zero-order valence-electron chi connectivity index (χ0n) is 7.81. The molecule has 1 N–H and O–H groups in total. The summed E-state index contributed by atoms with van der Waals surface area (Å²) < 4.78 is 18.5. The number of benzene rings is 1. The highest BCUT2D eigenvalue weighted by Gasteiger charge is 2.26. The zero-order valence-corrected chi connectivity index (χ0v) is 8.57. The van der Waals surface area contributed by atoms with Gasteiger partial charge in [0.05, 0.1) is 11.1 Å². The van der Waals surface area contributed by atoms with Gasteiger partial charge in [0.2, 0.25) is 0 Å². The lowest BCUT2D eigenvalue weighted by molar-refractivity contribution is 0.313. The number of nitrogens with one attached hydrogen (secondary N) is 1. The van der Waals surface area contributed by atoms with Crippen molar-refractivity contribution in [3.63, 3.8) is 0 Å². The topological polar surface area (TPSA) is 21.3 Å². The first kappa shape index (κ1) is 9.74. The minimum absolute atomic E-state index is 0.0585. The Balaban J connectivity index is 2.38. The number of likely N-dealkylation sites (N-methyl/N-ethyl adjacent to an activating group) is 1. The Morgan fingerprint density at radius 3 is 3.14 bits per heavy atom. The maximum atomic E-state index is 13.1. The minimum atomic E-state index is -0.317. The number of ether oxygens (including phenoxy) is 1. The molecule has 1 aromatic carbocycles. The molecule has 0 saturated heterocycles. The van der Waals surface area contributed by atoms with Crippen molar-refractivity contribution in [2.24, 2.45) is 0 Å². The van der Waals surface area contributed by atoms with Crippen LogP contribution < -0.4 is 10.1 Å². The number of rotatable bonds is 2. The fourth-order valence-corrected chi connectivity index (χ4v) is 1.93. The Hall–Kier alpha value is -0.800. The molecule has 1 heterocycles. The number of fused-ring (bicyclic) bond motifs is 1. The summed E-state index contributed by atoms with van der Waals surface area (Å²) in [5.74, 6) is 0.293. The Kier molecular flexibility index (Phi) is 2.61. The van der Waals surface area contributed by atoms with E-state index in [0.29, 0.717) is 17.4 Å². The second-order valence-electron chi connectivity index (χ2n) is 3.23. The van der Waals surface area contributed by atoms with E-state index >= 15 is 0 Å². The molecule has 0 saturated carbocycles. The highest BCUT2D eigenvalue weighted by molar-refractivity contribution is 6.32. The highest BCUT2D eigenvalue weighted by atomic mass is 35.5. The Morgan fingerprint density at radius 2 is 2.43 bits per heavy atom. The SMILES string of the molecule is CCNC1COc2c(Cl)cc(F)cc21. The first-order valence-corrected chi connectivity index (χ1v) is 4.95. The smallest absolute Gasteiger partial charge is 0.143 e. The van der Waals surface area contributed by atoms with E-state index in [1.165, 1.54) is 12.1 Å². The van der Waals surface area contributed by atoms with Gasteiger partial charge < -0.3 is 10.1 Å². The molecule has 2 rings (SSSR count). The second kappa shape index (κ2) is 3.75. The predicted molar refractivity (Wildman–Crippen MR) is 53.3 cm³/mol. The van der Waals surface area contributed by atoms with Crippen molar-refractivity contribution < 1.29 is 9.13 Å². The summed E-state index contributed by atoms with van der Waals surface area (Å²) in [6, 6.07) is 2.80. The molecular weight excluding hydrogens is 205 g/mol. The van der Waals surface area contributed by atoms with Crippen molar-refractivity contribution in [1.29, 1.82) is 0 Å². The molecule has 0 fully saturated rings. The van der Waals surface area contributed by atoms with Gasteiger partial charge in [0.15, 0.2) is 0 Å². The average Bonchev–Trinajstić information content (AvgIpc) is 2.49. The maximum absolute atomic E-state index is 13.1. The molecule has 76 valence electrons. The van der Waals surface area contributed by atoms with E-state index in [1.807, 2.05) is 6.92 Å². The zero-order chi connectivity index (χ0) is 10.1. The Labute approximate surface area is 87.0 Å². The molecule has 4 heteroatoms. The summed E-state index contributed by atoms with van der Waals surface area (Å²) in [6.45, 7) is 3.34. The summed E-state index contributed by atoms with van der Waals surface area (Å²) in [5, 5.41) is 3.55. The lowest BCUT2D eigenvalue weighted by Gasteiger charge is -2.08. The normalized spacial score (nSPS) is 19.2. The van der Waals surface area contributed by atoms with Crippen molar-refractivity contribution >= 4 is 11.6 Å². The van der Waals surface area contributed by atoms with E-state index in [9.17, 15) is 4.39 Å². The molecule has 0 bridgehead atoms. The monoisotopic (exact) mass is 215 g/mol. The summed E-state index contributed by atoms with van der Waals surface area (Å²) in [5.41, 5.74) is 0.817. The molecule has 0 aromatic heterocycles. The molecule has 1 atom stereocenters. The van der Waals surface area contributed by atoms with Gasteiger partial charge >= 0.3 is 0 Å². The van der Waals surface area contributed by atoms with E-state index in [4.69, 9.17) is 16.3 Å². The quantitative estimate of drug-likeness (QED) is 0.819. The van der Waals surface area contributed by atoms with Gasteiger partial charge in [0, 0.05) is 5.56 Å². The summed E-state index contributed by atoms with van der Waals surface area (Å²) in [4.78, 5) is 0. The Bertz CT molecular complexity index is 356. The van der Waals surface area contributed by atoms with Crippen molar-refractivity contribution in [2.45, 2.75) is 13.0 Å². The summed E-state index contributed by atoms with van der Waals surface area (Å²) >= 11 is 5.85. The van der Waals surface area contributed by atoms with Crippen LogP contribution in [-0.2, 0) is 0 Å². The van der Waals surface area contributed by atoms with Crippen LogP contribution in [0.3, 0.4) is 0 Å². The molecule has 0 radical (unpaired) electrons. The number of hydrogen-bond acceptors (Lipinski definition) is 2. The number of hydrogen-bond donors (Lipinski definition) is 1. The van der Waals surface area contributed by atoms with Gasteiger partial charge in [-0.1, -0.05) is 18.5 Å². The molecule has 0 aliphatic carbocycles. The third kappa shape index (κ3) is 1.57.